The highest BCUT2D eigenvalue weighted by Crippen LogP contribution is 2.31. The third kappa shape index (κ3) is 2.36. The largest absolute Gasteiger partial charge is 0.388 e. The predicted octanol–water partition coefficient (Wildman–Crippen LogP) is 1.59. The Morgan fingerprint density at radius 2 is 2.33 bits per heavy atom. The lowest BCUT2D eigenvalue weighted by atomic mass is 10.3. The van der Waals surface area contributed by atoms with Gasteiger partial charge in [0.05, 0.1) is 36.5 Å². The molecule has 1 fully saturated rings. The molecule has 0 amide bonds. The predicted molar refractivity (Wildman–Crippen MR) is 57.0 cm³/mol. The molecule has 2 heterocycles. The highest BCUT2D eigenvalue weighted by Gasteiger charge is 2.22. The van der Waals surface area contributed by atoms with Gasteiger partial charge in [0.1, 0.15) is 11.1 Å². The van der Waals surface area contributed by atoms with E-state index in [-0.39, 0.29) is 6.10 Å². The number of thiazole rings is 1. The molecule has 15 heavy (non-hydrogen) atoms. The molecule has 1 aromatic heterocycles. The van der Waals surface area contributed by atoms with Gasteiger partial charge in [-0.2, -0.15) is 0 Å². The molecule has 1 saturated heterocycles. The first-order valence-electron chi connectivity index (χ1n) is 5.03. The summed E-state index contributed by atoms with van der Waals surface area (Å²) in [5, 5.41) is 10.4. The van der Waals surface area contributed by atoms with Gasteiger partial charge in [-0.1, -0.05) is 0 Å². The second-order valence-corrected chi connectivity index (χ2v) is 4.67. The number of aryl methyl sites for hydroxylation is 1. The number of nitrogens with zero attached hydrogens (tertiary/aromatic N) is 1. The van der Waals surface area contributed by atoms with E-state index < -0.39 is 6.10 Å². The zero-order chi connectivity index (χ0) is 10.8. The third-order valence-electron chi connectivity index (χ3n) is 2.32. The van der Waals surface area contributed by atoms with Crippen LogP contribution in [0.15, 0.2) is 0 Å². The van der Waals surface area contributed by atoms with E-state index in [9.17, 15) is 5.11 Å². The lowest BCUT2D eigenvalue weighted by molar-refractivity contribution is -0.0902. The van der Waals surface area contributed by atoms with Crippen LogP contribution >= 0.6 is 11.3 Å². The molecule has 1 N–H and O–H groups in total. The van der Waals surface area contributed by atoms with E-state index in [1.54, 1.807) is 6.92 Å². The Labute approximate surface area is 92.9 Å². The highest BCUT2D eigenvalue weighted by molar-refractivity contribution is 7.11. The first kappa shape index (κ1) is 11.0. The van der Waals surface area contributed by atoms with Gasteiger partial charge < -0.3 is 14.6 Å². The Kier molecular flexibility index (Phi) is 3.35. The van der Waals surface area contributed by atoms with Gasteiger partial charge in [0, 0.05) is 0 Å². The minimum absolute atomic E-state index is 0.0602. The van der Waals surface area contributed by atoms with Crippen molar-refractivity contribution in [2.45, 2.75) is 26.1 Å². The molecule has 2 rings (SSSR count). The normalized spacial score (nSPS) is 24.1. The number of aliphatic hydroxyl groups excluding tert-OH is 1. The zero-order valence-electron chi connectivity index (χ0n) is 8.90. The second kappa shape index (κ2) is 4.57. The van der Waals surface area contributed by atoms with Crippen LogP contribution in [0, 0.1) is 6.92 Å². The minimum Gasteiger partial charge on any atom is -0.388 e. The summed E-state index contributed by atoms with van der Waals surface area (Å²) in [6.07, 6.45) is -0.518. The molecule has 0 aromatic carbocycles. The van der Waals surface area contributed by atoms with Crippen LogP contribution in [0.5, 0.6) is 0 Å². The van der Waals surface area contributed by atoms with Crippen LogP contribution in [0.25, 0.3) is 0 Å². The maximum absolute atomic E-state index is 9.51. The molecule has 1 aromatic rings. The fourth-order valence-electron chi connectivity index (χ4n) is 1.59. The Bertz CT molecular complexity index is 331. The summed E-state index contributed by atoms with van der Waals surface area (Å²) < 4.78 is 10.9. The molecular weight excluding hydrogens is 214 g/mol. The van der Waals surface area contributed by atoms with Crippen molar-refractivity contribution >= 4 is 11.3 Å². The van der Waals surface area contributed by atoms with Crippen LogP contribution < -0.4 is 0 Å². The molecule has 0 bridgehead atoms. The first-order chi connectivity index (χ1) is 7.18. The summed E-state index contributed by atoms with van der Waals surface area (Å²) in [7, 11) is 0. The Balaban J connectivity index is 2.17. The van der Waals surface area contributed by atoms with Crippen LogP contribution in [-0.4, -0.2) is 29.9 Å². The van der Waals surface area contributed by atoms with E-state index in [4.69, 9.17) is 9.47 Å². The molecule has 0 aliphatic carbocycles. The lowest BCUT2D eigenvalue weighted by Gasteiger charge is -2.20. The molecule has 0 radical (unpaired) electrons. The average Bonchev–Trinajstić information content (AvgIpc) is 2.62. The van der Waals surface area contributed by atoms with Crippen molar-refractivity contribution in [3.8, 4) is 0 Å². The molecule has 0 spiro atoms. The lowest BCUT2D eigenvalue weighted by Crippen LogP contribution is -2.21. The van der Waals surface area contributed by atoms with Crippen molar-refractivity contribution in [1.29, 1.82) is 0 Å². The number of hydrogen-bond donors (Lipinski definition) is 1. The van der Waals surface area contributed by atoms with Crippen molar-refractivity contribution in [3.05, 3.63) is 15.6 Å². The van der Waals surface area contributed by atoms with E-state index >= 15 is 0 Å². The quantitative estimate of drug-likeness (QED) is 0.836. The third-order valence-corrected chi connectivity index (χ3v) is 3.74. The average molecular weight is 229 g/mol. The van der Waals surface area contributed by atoms with Crippen molar-refractivity contribution in [2.75, 3.05) is 19.8 Å². The first-order valence-corrected chi connectivity index (χ1v) is 5.84. The Hall–Kier alpha value is -0.490. The SMILES string of the molecule is Cc1nc(C2COCCO2)sc1C(C)O. The second-order valence-electron chi connectivity index (χ2n) is 3.61. The molecule has 1 aliphatic rings. The van der Waals surface area contributed by atoms with Crippen LogP contribution in [-0.2, 0) is 9.47 Å². The van der Waals surface area contributed by atoms with Crippen LogP contribution in [0.1, 0.15) is 34.7 Å². The van der Waals surface area contributed by atoms with Gasteiger partial charge in [-0.3, -0.25) is 0 Å². The fourth-order valence-corrected chi connectivity index (χ4v) is 2.62. The molecule has 2 unspecified atom stereocenters. The van der Waals surface area contributed by atoms with Crippen LogP contribution in [0.4, 0.5) is 0 Å². The fraction of sp³-hybridized carbons (Fsp3) is 0.700. The Morgan fingerprint density at radius 3 is 2.87 bits per heavy atom. The molecule has 1 aliphatic heterocycles. The molecule has 4 nitrogen and oxygen atoms in total. The van der Waals surface area contributed by atoms with Crippen molar-refractivity contribution in [2.24, 2.45) is 0 Å². The summed E-state index contributed by atoms with van der Waals surface area (Å²) in [6, 6.07) is 0. The van der Waals surface area contributed by atoms with Gasteiger partial charge in [-0.05, 0) is 13.8 Å². The zero-order valence-corrected chi connectivity index (χ0v) is 9.71. The summed E-state index contributed by atoms with van der Waals surface area (Å²) in [5.74, 6) is 0. The van der Waals surface area contributed by atoms with Crippen LogP contribution in [0.3, 0.4) is 0 Å². The summed E-state index contributed by atoms with van der Waals surface area (Å²) in [6.45, 7) is 5.50. The van der Waals surface area contributed by atoms with E-state index in [2.05, 4.69) is 4.98 Å². The van der Waals surface area contributed by atoms with Gasteiger partial charge in [-0.25, -0.2) is 4.98 Å². The van der Waals surface area contributed by atoms with E-state index in [0.29, 0.717) is 19.8 Å². The highest BCUT2D eigenvalue weighted by atomic mass is 32.1. The molecule has 84 valence electrons. The molecular formula is C10H15NO3S. The number of ether oxygens (including phenoxy) is 2. The number of hydrogen-bond acceptors (Lipinski definition) is 5. The van der Waals surface area contributed by atoms with Crippen molar-refractivity contribution < 1.29 is 14.6 Å². The maximum atomic E-state index is 9.51. The molecule has 2 atom stereocenters. The standard InChI is InChI=1S/C10H15NO3S/c1-6-9(7(2)12)15-10(11-6)8-5-13-3-4-14-8/h7-8,12H,3-5H2,1-2H3. The van der Waals surface area contributed by atoms with Crippen molar-refractivity contribution in [1.82, 2.24) is 4.98 Å². The van der Waals surface area contributed by atoms with Gasteiger partial charge >= 0.3 is 0 Å². The number of aliphatic hydroxyl groups is 1. The maximum Gasteiger partial charge on any atom is 0.132 e. The van der Waals surface area contributed by atoms with Crippen molar-refractivity contribution in [3.63, 3.8) is 0 Å². The monoisotopic (exact) mass is 229 g/mol. The summed E-state index contributed by atoms with van der Waals surface area (Å²) >= 11 is 1.51. The molecule has 5 heteroatoms. The summed E-state index contributed by atoms with van der Waals surface area (Å²) in [5.41, 5.74) is 0.888. The van der Waals surface area contributed by atoms with Gasteiger partial charge in [0.15, 0.2) is 0 Å². The van der Waals surface area contributed by atoms with E-state index in [1.807, 2.05) is 6.92 Å². The summed E-state index contributed by atoms with van der Waals surface area (Å²) in [4.78, 5) is 5.32. The van der Waals surface area contributed by atoms with Gasteiger partial charge in [0.25, 0.3) is 0 Å². The molecule has 0 saturated carbocycles. The van der Waals surface area contributed by atoms with E-state index in [1.165, 1.54) is 11.3 Å². The topological polar surface area (TPSA) is 51.6 Å². The minimum atomic E-state index is -0.458. The Morgan fingerprint density at radius 1 is 1.53 bits per heavy atom. The number of rotatable bonds is 2. The van der Waals surface area contributed by atoms with Crippen LogP contribution in [0.2, 0.25) is 0 Å². The van der Waals surface area contributed by atoms with E-state index in [0.717, 1.165) is 15.6 Å². The van der Waals surface area contributed by atoms with Gasteiger partial charge in [-0.15, -0.1) is 11.3 Å². The smallest absolute Gasteiger partial charge is 0.132 e. The van der Waals surface area contributed by atoms with Gasteiger partial charge in [0.2, 0.25) is 0 Å². The number of aromatic nitrogens is 1.